The predicted molar refractivity (Wildman–Crippen MR) is 140 cm³/mol. The van der Waals surface area contributed by atoms with Crippen molar-refractivity contribution in [3.05, 3.63) is 35.8 Å². The number of carbonyl (C=O) groups is 1. The molecule has 1 amide bonds. The molecule has 0 saturated carbocycles. The fraction of sp³-hybridized carbons (Fsp3) is 0.679. The first-order chi connectivity index (χ1) is 16.5. The zero-order valence-corrected chi connectivity index (χ0v) is 21.4. The molecule has 0 aromatic heterocycles. The van der Waals surface area contributed by atoms with Gasteiger partial charge in [0.2, 0.25) is 5.91 Å². The first-order valence-corrected chi connectivity index (χ1v) is 13.4. The van der Waals surface area contributed by atoms with Gasteiger partial charge >= 0.3 is 0 Å². The Labute approximate surface area is 206 Å². The summed E-state index contributed by atoms with van der Waals surface area (Å²) < 4.78 is 6.03. The molecule has 188 valence electrons. The Hall–Kier alpha value is -2.37. The van der Waals surface area contributed by atoms with Gasteiger partial charge in [-0.25, -0.2) is 0 Å². The number of piperidine rings is 1. The SMILES string of the molecule is CC(CCCCCCC(=O)N1CCCC(C)C1)=N/C1=C(\C(=N)N2CCCC2)OC/C=C\C=C/C1. The molecule has 34 heavy (non-hydrogen) atoms. The van der Waals surface area contributed by atoms with E-state index in [-0.39, 0.29) is 0 Å². The minimum absolute atomic E-state index is 0.340. The van der Waals surface area contributed by atoms with Crippen LogP contribution >= 0.6 is 0 Å². The molecule has 3 rings (SSSR count). The van der Waals surface area contributed by atoms with Gasteiger partial charge in [-0.05, 0) is 63.9 Å². The standard InChI is InChI=1S/C28H44N4O2/c1-23-14-13-20-32(22-23)26(33)17-9-4-3-7-15-24(2)30-25-16-8-5-6-12-21-34-27(25)28(29)31-18-10-11-19-31/h5-6,8,12,23,29H,3-4,7,9-11,13-22H2,1-2H3/b8-5-,12-6-,27-25+,29-28?,30-24?. The van der Waals surface area contributed by atoms with E-state index in [4.69, 9.17) is 15.1 Å². The maximum absolute atomic E-state index is 12.4. The third kappa shape index (κ3) is 8.44. The summed E-state index contributed by atoms with van der Waals surface area (Å²) in [5.41, 5.74) is 1.94. The molecule has 0 spiro atoms. The molecule has 0 aromatic rings. The molecule has 2 saturated heterocycles. The van der Waals surface area contributed by atoms with Crippen molar-refractivity contribution < 1.29 is 9.53 Å². The second kappa shape index (κ2) is 14.1. The molecule has 0 radical (unpaired) electrons. The highest BCUT2D eigenvalue weighted by atomic mass is 16.5. The minimum atomic E-state index is 0.340. The topological polar surface area (TPSA) is 69.0 Å². The van der Waals surface area contributed by atoms with Gasteiger partial charge in [-0.2, -0.15) is 0 Å². The van der Waals surface area contributed by atoms with Crippen molar-refractivity contribution >= 4 is 17.5 Å². The number of hydrogen-bond donors (Lipinski definition) is 1. The molecule has 1 unspecified atom stereocenters. The first kappa shape index (κ1) is 26.2. The summed E-state index contributed by atoms with van der Waals surface area (Å²) in [7, 11) is 0. The van der Waals surface area contributed by atoms with Gasteiger partial charge in [-0.15, -0.1) is 0 Å². The van der Waals surface area contributed by atoms with Gasteiger partial charge < -0.3 is 14.5 Å². The molecule has 0 bridgehead atoms. The molecule has 0 aromatic carbocycles. The summed E-state index contributed by atoms with van der Waals surface area (Å²) in [5, 5.41) is 8.72. The van der Waals surface area contributed by atoms with Gasteiger partial charge in [0.15, 0.2) is 11.6 Å². The maximum atomic E-state index is 12.4. The van der Waals surface area contributed by atoms with E-state index in [0.29, 0.717) is 42.9 Å². The van der Waals surface area contributed by atoms with Gasteiger partial charge in [0, 0.05) is 44.7 Å². The van der Waals surface area contributed by atoms with Gasteiger partial charge in [-0.1, -0.05) is 38.0 Å². The second-order valence-corrected chi connectivity index (χ2v) is 10.0. The second-order valence-electron chi connectivity index (χ2n) is 10.0. The van der Waals surface area contributed by atoms with E-state index in [1.54, 1.807) is 0 Å². The molecule has 3 aliphatic heterocycles. The van der Waals surface area contributed by atoms with Crippen LogP contribution in [0.25, 0.3) is 0 Å². The average Bonchev–Trinajstić information content (AvgIpc) is 3.39. The summed E-state index contributed by atoms with van der Waals surface area (Å²) in [6.45, 7) is 8.52. The number of amidine groups is 1. The Morgan fingerprint density at radius 1 is 1.03 bits per heavy atom. The summed E-state index contributed by atoms with van der Waals surface area (Å²) in [4.78, 5) is 21.5. The van der Waals surface area contributed by atoms with Crippen molar-refractivity contribution in [3.63, 3.8) is 0 Å². The number of ether oxygens (including phenoxy) is 1. The van der Waals surface area contributed by atoms with E-state index < -0.39 is 0 Å². The molecule has 1 atom stereocenters. The van der Waals surface area contributed by atoms with E-state index >= 15 is 0 Å². The zero-order chi connectivity index (χ0) is 24.2. The number of rotatable bonds is 9. The number of nitrogens with one attached hydrogen (secondary N) is 1. The summed E-state index contributed by atoms with van der Waals surface area (Å²) in [5.74, 6) is 2.09. The summed E-state index contributed by atoms with van der Waals surface area (Å²) in [6.07, 6.45) is 19.3. The van der Waals surface area contributed by atoms with Crippen LogP contribution in [0.1, 0.15) is 84.5 Å². The zero-order valence-electron chi connectivity index (χ0n) is 21.4. The Morgan fingerprint density at radius 2 is 1.74 bits per heavy atom. The lowest BCUT2D eigenvalue weighted by atomic mass is 9.99. The van der Waals surface area contributed by atoms with Crippen LogP contribution < -0.4 is 0 Å². The smallest absolute Gasteiger partial charge is 0.222 e. The number of likely N-dealkylation sites (tertiary alicyclic amines) is 2. The van der Waals surface area contributed by atoms with E-state index in [0.717, 1.165) is 89.0 Å². The minimum Gasteiger partial charge on any atom is -0.484 e. The Bertz CT molecular complexity index is 805. The van der Waals surface area contributed by atoms with E-state index in [9.17, 15) is 4.79 Å². The number of carbonyl (C=O) groups excluding carboxylic acids is 1. The fourth-order valence-electron chi connectivity index (χ4n) is 4.96. The van der Waals surface area contributed by atoms with Crippen LogP contribution in [0.15, 0.2) is 40.8 Å². The molecule has 0 aliphatic carbocycles. The molecule has 1 N–H and O–H groups in total. The van der Waals surface area contributed by atoms with Crippen molar-refractivity contribution in [2.24, 2.45) is 10.9 Å². The monoisotopic (exact) mass is 468 g/mol. The van der Waals surface area contributed by atoms with Crippen LogP contribution in [-0.4, -0.2) is 60.0 Å². The molecule has 6 heteroatoms. The van der Waals surface area contributed by atoms with Crippen molar-refractivity contribution in [2.75, 3.05) is 32.8 Å². The number of aliphatic imine (C=N–C) groups is 1. The van der Waals surface area contributed by atoms with Crippen molar-refractivity contribution in [1.82, 2.24) is 9.80 Å². The van der Waals surface area contributed by atoms with Crippen LogP contribution in [0.5, 0.6) is 0 Å². The molecule has 6 nitrogen and oxygen atoms in total. The number of unbranched alkanes of at least 4 members (excludes halogenated alkanes) is 3. The van der Waals surface area contributed by atoms with Crippen LogP contribution in [0.3, 0.4) is 0 Å². The average molecular weight is 469 g/mol. The third-order valence-electron chi connectivity index (χ3n) is 6.93. The van der Waals surface area contributed by atoms with E-state index in [2.05, 4.69) is 29.7 Å². The summed E-state index contributed by atoms with van der Waals surface area (Å²) >= 11 is 0. The Kier molecular flexibility index (Phi) is 10.9. The lowest BCUT2D eigenvalue weighted by molar-refractivity contribution is -0.133. The highest BCUT2D eigenvalue weighted by Gasteiger charge is 2.23. The molecular formula is C28H44N4O2. The first-order valence-electron chi connectivity index (χ1n) is 13.4. The number of amides is 1. The number of hydrogen-bond acceptors (Lipinski definition) is 4. The van der Waals surface area contributed by atoms with Gasteiger partial charge in [-0.3, -0.25) is 15.2 Å². The van der Waals surface area contributed by atoms with Crippen LogP contribution in [0.4, 0.5) is 0 Å². The lowest BCUT2D eigenvalue weighted by Crippen LogP contribution is -2.38. The maximum Gasteiger partial charge on any atom is 0.222 e. The molecular weight excluding hydrogens is 424 g/mol. The molecule has 3 heterocycles. The number of nitrogens with zero attached hydrogens (tertiary/aromatic N) is 3. The Balaban J connectivity index is 1.47. The van der Waals surface area contributed by atoms with Crippen LogP contribution in [0.2, 0.25) is 0 Å². The van der Waals surface area contributed by atoms with Crippen molar-refractivity contribution in [3.8, 4) is 0 Å². The van der Waals surface area contributed by atoms with E-state index in [1.165, 1.54) is 6.42 Å². The quantitative estimate of drug-likeness (QED) is 0.262. The van der Waals surface area contributed by atoms with E-state index in [1.807, 2.05) is 18.2 Å². The number of allylic oxidation sites excluding steroid dienone is 3. The van der Waals surface area contributed by atoms with Crippen molar-refractivity contribution in [1.29, 1.82) is 5.41 Å². The largest absolute Gasteiger partial charge is 0.484 e. The van der Waals surface area contributed by atoms with Gasteiger partial charge in [0.25, 0.3) is 0 Å². The van der Waals surface area contributed by atoms with Gasteiger partial charge in [0.05, 0.1) is 5.70 Å². The molecule has 2 fully saturated rings. The van der Waals surface area contributed by atoms with Crippen LogP contribution in [-0.2, 0) is 9.53 Å². The highest BCUT2D eigenvalue weighted by Crippen LogP contribution is 2.22. The molecule has 3 aliphatic rings. The predicted octanol–water partition coefficient (Wildman–Crippen LogP) is 5.86. The highest BCUT2D eigenvalue weighted by molar-refractivity contribution is 5.95. The normalized spacial score (nSPS) is 25.8. The fourth-order valence-corrected chi connectivity index (χ4v) is 4.96. The lowest BCUT2D eigenvalue weighted by Gasteiger charge is -2.31. The summed E-state index contributed by atoms with van der Waals surface area (Å²) in [6, 6.07) is 0. The van der Waals surface area contributed by atoms with Crippen LogP contribution in [0, 0.1) is 11.3 Å². The van der Waals surface area contributed by atoms with Crippen molar-refractivity contribution in [2.45, 2.75) is 84.5 Å². The Morgan fingerprint density at radius 3 is 2.50 bits per heavy atom. The van der Waals surface area contributed by atoms with Gasteiger partial charge in [0.1, 0.15) is 6.61 Å². The third-order valence-corrected chi connectivity index (χ3v) is 6.93.